The summed E-state index contributed by atoms with van der Waals surface area (Å²) in [6.07, 6.45) is 8.07. The van der Waals surface area contributed by atoms with Gasteiger partial charge >= 0.3 is 0 Å². The minimum atomic E-state index is 0.0655. The molecule has 2 N–H and O–H groups in total. The number of anilines is 1. The van der Waals surface area contributed by atoms with Gasteiger partial charge in [-0.1, -0.05) is 32.6 Å². The largest absolute Gasteiger partial charge is 0.311 e. The van der Waals surface area contributed by atoms with Crippen LogP contribution in [0.2, 0.25) is 0 Å². The van der Waals surface area contributed by atoms with Crippen LogP contribution in [0, 0.1) is 0 Å². The van der Waals surface area contributed by atoms with E-state index >= 15 is 0 Å². The van der Waals surface area contributed by atoms with Crippen molar-refractivity contribution in [3.8, 4) is 0 Å². The Kier molecular flexibility index (Phi) is 5.51. The van der Waals surface area contributed by atoms with E-state index in [1.165, 1.54) is 19.3 Å². The van der Waals surface area contributed by atoms with Crippen molar-refractivity contribution in [1.82, 2.24) is 10.2 Å². The molecule has 0 atom stereocenters. The predicted octanol–water partition coefficient (Wildman–Crippen LogP) is 2.71. The zero-order chi connectivity index (χ0) is 10.9. The molecule has 84 valence electrons. The number of carbonyl (C=O) groups is 1. The summed E-state index contributed by atoms with van der Waals surface area (Å²) in [5.41, 5.74) is 0. The fraction of sp³-hybridized carbons (Fsp3) is 0.636. The van der Waals surface area contributed by atoms with E-state index in [0.29, 0.717) is 12.2 Å². The second-order valence-corrected chi connectivity index (χ2v) is 3.68. The number of carbonyl (C=O) groups excluding carboxylic acids is 1. The molecule has 1 heterocycles. The van der Waals surface area contributed by atoms with E-state index < -0.39 is 0 Å². The molecule has 0 radical (unpaired) electrons. The first-order valence-electron chi connectivity index (χ1n) is 5.62. The fourth-order valence-electron chi connectivity index (χ4n) is 1.43. The van der Waals surface area contributed by atoms with Crippen LogP contribution in [0.25, 0.3) is 0 Å². The monoisotopic (exact) mass is 209 g/mol. The highest BCUT2D eigenvalue weighted by molar-refractivity contribution is 5.89. The molecular weight excluding hydrogens is 190 g/mol. The van der Waals surface area contributed by atoms with Gasteiger partial charge in [-0.2, -0.15) is 5.10 Å². The van der Waals surface area contributed by atoms with Gasteiger partial charge in [-0.3, -0.25) is 9.89 Å². The number of amides is 1. The van der Waals surface area contributed by atoms with Gasteiger partial charge in [-0.25, -0.2) is 0 Å². The Labute approximate surface area is 90.5 Å². The molecule has 15 heavy (non-hydrogen) atoms. The lowest BCUT2D eigenvalue weighted by molar-refractivity contribution is -0.116. The minimum absolute atomic E-state index is 0.0655. The van der Waals surface area contributed by atoms with Crippen molar-refractivity contribution in [3.63, 3.8) is 0 Å². The first-order valence-corrected chi connectivity index (χ1v) is 5.62. The molecule has 0 aromatic carbocycles. The zero-order valence-corrected chi connectivity index (χ0v) is 9.25. The van der Waals surface area contributed by atoms with Gasteiger partial charge in [0.2, 0.25) is 5.91 Å². The number of hydrogen-bond donors (Lipinski definition) is 2. The van der Waals surface area contributed by atoms with Crippen LogP contribution in [0.1, 0.15) is 45.4 Å². The van der Waals surface area contributed by atoms with Gasteiger partial charge in [-0.05, 0) is 6.42 Å². The third-order valence-electron chi connectivity index (χ3n) is 2.28. The summed E-state index contributed by atoms with van der Waals surface area (Å²) in [6, 6.07) is 1.75. The molecule has 0 saturated carbocycles. The minimum Gasteiger partial charge on any atom is -0.311 e. The summed E-state index contributed by atoms with van der Waals surface area (Å²) < 4.78 is 0. The molecule has 1 amide bonds. The standard InChI is InChI=1S/C11H19N3O/c1-2-3-4-5-6-7-11(15)13-10-8-9-12-14-10/h8-9H,2-7H2,1H3,(H2,12,13,14,15). The number of H-pyrrole nitrogens is 1. The highest BCUT2D eigenvalue weighted by Crippen LogP contribution is 2.06. The van der Waals surface area contributed by atoms with Crippen LogP contribution in [0.5, 0.6) is 0 Å². The van der Waals surface area contributed by atoms with Gasteiger partial charge in [0.25, 0.3) is 0 Å². The lowest BCUT2D eigenvalue weighted by atomic mass is 10.1. The number of nitrogens with one attached hydrogen (secondary N) is 2. The topological polar surface area (TPSA) is 57.8 Å². The molecule has 1 aromatic heterocycles. The number of nitrogens with zero attached hydrogens (tertiary/aromatic N) is 1. The maximum atomic E-state index is 11.4. The lowest BCUT2D eigenvalue weighted by Crippen LogP contribution is -2.11. The number of rotatable bonds is 7. The number of aromatic nitrogens is 2. The van der Waals surface area contributed by atoms with E-state index in [1.807, 2.05) is 0 Å². The normalized spacial score (nSPS) is 10.2. The Morgan fingerprint density at radius 3 is 2.87 bits per heavy atom. The predicted molar refractivity (Wildman–Crippen MR) is 60.6 cm³/mol. The first kappa shape index (κ1) is 11.8. The van der Waals surface area contributed by atoms with Crippen molar-refractivity contribution in [2.24, 2.45) is 0 Å². The van der Waals surface area contributed by atoms with Gasteiger partial charge in [0.1, 0.15) is 5.82 Å². The van der Waals surface area contributed by atoms with Gasteiger partial charge in [0, 0.05) is 12.5 Å². The van der Waals surface area contributed by atoms with Gasteiger partial charge in [-0.15, -0.1) is 0 Å². The molecule has 0 spiro atoms. The van der Waals surface area contributed by atoms with Crippen LogP contribution in [0.3, 0.4) is 0 Å². The van der Waals surface area contributed by atoms with Crippen molar-refractivity contribution in [3.05, 3.63) is 12.3 Å². The maximum Gasteiger partial charge on any atom is 0.225 e. The van der Waals surface area contributed by atoms with E-state index in [2.05, 4.69) is 22.4 Å². The molecule has 0 saturated heterocycles. The van der Waals surface area contributed by atoms with E-state index in [1.54, 1.807) is 12.3 Å². The molecule has 1 rings (SSSR count). The highest BCUT2D eigenvalue weighted by atomic mass is 16.1. The van der Waals surface area contributed by atoms with E-state index in [0.717, 1.165) is 12.8 Å². The van der Waals surface area contributed by atoms with Gasteiger partial charge in [0.05, 0.1) is 6.20 Å². The Morgan fingerprint density at radius 1 is 1.40 bits per heavy atom. The molecule has 0 unspecified atom stereocenters. The van der Waals surface area contributed by atoms with Crippen LogP contribution < -0.4 is 5.32 Å². The fourth-order valence-corrected chi connectivity index (χ4v) is 1.43. The van der Waals surface area contributed by atoms with Crippen LogP contribution in [-0.2, 0) is 4.79 Å². The SMILES string of the molecule is CCCCCCCC(=O)Nc1ccn[nH]1. The average molecular weight is 209 g/mol. The van der Waals surface area contributed by atoms with Crippen molar-refractivity contribution in [1.29, 1.82) is 0 Å². The van der Waals surface area contributed by atoms with Crippen LogP contribution in [0.15, 0.2) is 12.3 Å². The molecule has 4 nitrogen and oxygen atoms in total. The van der Waals surface area contributed by atoms with Crippen molar-refractivity contribution >= 4 is 11.7 Å². The number of unbranched alkanes of at least 4 members (excludes halogenated alkanes) is 4. The molecule has 0 aliphatic rings. The first-order chi connectivity index (χ1) is 7.33. The summed E-state index contributed by atoms with van der Waals surface area (Å²) in [4.78, 5) is 11.4. The lowest BCUT2D eigenvalue weighted by Gasteiger charge is -2.01. The Balaban J connectivity index is 2.04. The summed E-state index contributed by atoms with van der Waals surface area (Å²) in [6.45, 7) is 2.19. The maximum absolute atomic E-state index is 11.4. The molecule has 0 fully saturated rings. The molecule has 0 bridgehead atoms. The Bertz CT molecular complexity index is 269. The van der Waals surface area contributed by atoms with E-state index in [-0.39, 0.29) is 5.91 Å². The Morgan fingerprint density at radius 2 is 2.20 bits per heavy atom. The quantitative estimate of drug-likeness (QED) is 0.678. The smallest absolute Gasteiger partial charge is 0.225 e. The van der Waals surface area contributed by atoms with Crippen molar-refractivity contribution < 1.29 is 4.79 Å². The summed E-state index contributed by atoms with van der Waals surface area (Å²) in [7, 11) is 0. The van der Waals surface area contributed by atoms with Gasteiger partial charge < -0.3 is 5.32 Å². The average Bonchev–Trinajstić information content (AvgIpc) is 2.70. The summed E-state index contributed by atoms with van der Waals surface area (Å²) >= 11 is 0. The van der Waals surface area contributed by atoms with E-state index in [9.17, 15) is 4.79 Å². The summed E-state index contributed by atoms with van der Waals surface area (Å²) in [5, 5.41) is 9.21. The zero-order valence-electron chi connectivity index (χ0n) is 9.25. The number of hydrogen-bond acceptors (Lipinski definition) is 2. The summed E-state index contributed by atoms with van der Waals surface area (Å²) in [5.74, 6) is 0.740. The third-order valence-corrected chi connectivity index (χ3v) is 2.28. The van der Waals surface area contributed by atoms with Gasteiger partial charge in [0.15, 0.2) is 0 Å². The Hall–Kier alpha value is -1.32. The van der Waals surface area contributed by atoms with Crippen LogP contribution in [0.4, 0.5) is 5.82 Å². The highest BCUT2D eigenvalue weighted by Gasteiger charge is 2.02. The second-order valence-electron chi connectivity index (χ2n) is 3.68. The number of aromatic amines is 1. The second kappa shape index (κ2) is 7.04. The third kappa shape index (κ3) is 5.20. The van der Waals surface area contributed by atoms with Crippen molar-refractivity contribution in [2.75, 3.05) is 5.32 Å². The molecular formula is C11H19N3O. The molecule has 0 aliphatic carbocycles. The van der Waals surface area contributed by atoms with E-state index in [4.69, 9.17) is 0 Å². The van der Waals surface area contributed by atoms with Crippen LogP contribution in [-0.4, -0.2) is 16.1 Å². The van der Waals surface area contributed by atoms with Crippen molar-refractivity contribution in [2.45, 2.75) is 45.4 Å². The van der Waals surface area contributed by atoms with Crippen LogP contribution >= 0.6 is 0 Å². The molecule has 1 aromatic rings. The molecule has 0 aliphatic heterocycles. The molecule has 4 heteroatoms.